The Labute approximate surface area is 163 Å². The molecule has 27 heavy (non-hydrogen) atoms. The Kier molecular flexibility index (Phi) is 7.76. The zero-order valence-electron chi connectivity index (χ0n) is 16.7. The average Bonchev–Trinajstić information content (AvgIpc) is 3.42. The highest BCUT2D eigenvalue weighted by Crippen LogP contribution is 2.21. The van der Waals surface area contributed by atoms with Gasteiger partial charge in [-0.15, -0.1) is 0 Å². The number of nitrogens with one attached hydrogen (secondary N) is 1. The maximum Gasteiger partial charge on any atom is 0.0799 e. The minimum atomic E-state index is 1.03. The van der Waals surface area contributed by atoms with Crippen molar-refractivity contribution in [2.24, 2.45) is 4.99 Å². The van der Waals surface area contributed by atoms with E-state index in [1.807, 2.05) is 12.3 Å². The SMILES string of the molecule is CCCCCCCCCCCC1=NC(=Cn2cccc2-c2ccc[nH]2)C=C1. The number of allylic oxidation sites excluding steroid dienone is 2. The maximum atomic E-state index is 4.79. The van der Waals surface area contributed by atoms with E-state index in [0.29, 0.717) is 0 Å². The van der Waals surface area contributed by atoms with Gasteiger partial charge in [-0.2, -0.15) is 0 Å². The first kappa shape index (κ1) is 19.5. The van der Waals surface area contributed by atoms with Gasteiger partial charge in [0.15, 0.2) is 0 Å². The summed E-state index contributed by atoms with van der Waals surface area (Å²) in [6.45, 7) is 2.28. The van der Waals surface area contributed by atoms with E-state index in [-0.39, 0.29) is 0 Å². The molecule has 0 aromatic carbocycles. The van der Waals surface area contributed by atoms with Crippen LogP contribution < -0.4 is 0 Å². The van der Waals surface area contributed by atoms with Crippen LogP contribution in [-0.2, 0) is 0 Å². The zero-order valence-corrected chi connectivity index (χ0v) is 16.7. The first-order valence-electron chi connectivity index (χ1n) is 10.6. The summed E-state index contributed by atoms with van der Waals surface area (Å²) >= 11 is 0. The number of unbranched alkanes of at least 4 members (excludes halogenated alkanes) is 8. The molecule has 0 aliphatic carbocycles. The van der Waals surface area contributed by atoms with Gasteiger partial charge in [0.25, 0.3) is 0 Å². The van der Waals surface area contributed by atoms with Gasteiger partial charge in [-0.25, -0.2) is 0 Å². The van der Waals surface area contributed by atoms with Crippen LogP contribution in [0.1, 0.15) is 71.1 Å². The van der Waals surface area contributed by atoms with Gasteiger partial charge >= 0.3 is 0 Å². The third-order valence-corrected chi connectivity index (χ3v) is 5.18. The lowest BCUT2D eigenvalue weighted by Gasteiger charge is -2.03. The van der Waals surface area contributed by atoms with Crippen LogP contribution in [0.5, 0.6) is 0 Å². The second kappa shape index (κ2) is 10.8. The molecule has 2 aromatic heterocycles. The van der Waals surface area contributed by atoms with Crippen molar-refractivity contribution >= 4 is 11.9 Å². The molecule has 2 aromatic rings. The molecule has 0 unspecified atom stereocenters. The number of rotatable bonds is 12. The molecule has 0 bridgehead atoms. The molecule has 0 saturated carbocycles. The summed E-state index contributed by atoms with van der Waals surface area (Å²) in [5, 5.41) is 0. The highest BCUT2D eigenvalue weighted by atomic mass is 15.0. The Balaban J connectivity index is 1.40. The Hall–Kier alpha value is -2.29. The van der Waals surface area contributed by atoms with Crippen LogP contribution >= 0.6 is 0 Å². The Morgan fingerprint density at radius 2 is 1.70 bits per heavy atom. The van der Waals surface area contributed by atoms with E-state index in [1.165, 1.54) is 63.5 Å². The summed E-state index contributed by atoms with van der Waals surface area (Å²) in [5.74, 6) is 0. The van der Waals surface area contributed by atoms with Crippen LogP contribution in [0.2, 0.25) is 0 Å². The third-order valence-electron chi connectivity index (χ3n) is 5.18. The fraction of sp³-hybridized carbons (Fsp3) is 0.458. The lowest BCUT2D eigenvalue weighted by atomic mass is 10.1. The quantitative estimate of drug-likeness (QED) is 0.386. The summed E-state index contributed by atoms with van der Waals surface area (Å²) in [6, 6.07) is 8.30. The van der Waals surface area contributed by atoms with Gasteiger partial charge in [-0.3, -0.25) is 4.99 Å². The first-order chi connectivity index (χ1) is 13.4. The smallest absolute Gasteiger partial charge is 0.0799 e. The molecule has 0 fully saturated rings. The molecule has 1 aliphatic heterocycles. The first-order valence-corrected chi connectivity index (χ1v) is 10.6. The molecule has 1 aliphatic rings. The second-order valence-corrected chi connectivity index (χ2v) is 7.45. The van der Waals surface area contributed by atoms with Crippen molar-refractivity contribution in [2.75, 3.05) is 0 Å². The molecule has 1 N–H and O–H groups in total. The van der Waals surface area contributed by atoms with E-state index < -0.39 is 0 Å². The number of nitrogens with zero attached hydrogens (tertiary/aromatic N) is 2. The normalized spacial score (nSPS) is 15.0. The highest BCUT2D eigenvalue weighted by Gasteiger charge is 2.07. The van der Waals surface area contributed by atoms with Crippen molar-refractivity contribution in [2.45, 2.75) is 71.1 Å². The van der Waals surface area contributed by atoms with Crippen LogP contribution in [-0.4, -0.2) is 15.3 Å². The number of aliphatic imine (C=N–C) groups is 1. The molecule has 0 atom stereocenters. The van der Waals surface area contributed by atoms with Crippen molar-refractivity contribution in [3.63, 3.8) is 0 Å². The lowest BCUT2D eigenvalue weighted by molar-refractivity contribution is 0.568. The van der Waals surface area contributed by atoms with Crippen LogP contribution in [0.4, 0.5) is 0 Å². The van der Waals surface area contributed by atoms with Crippen molar-refractivity contribution in [3.8, 4) is 11.4 Å². The van der Waals surface area contributed by atoms with E-state index in [1.54, 1.807) is 0 Å². The summed E-state index contributed by atoms with van der Waals surface area (Å²) < 4.78 is 2.14. The number of hydrogen-bond acceptors (Lipinski definition) is 1. The van der Waals surface area contributed by atoms with Crippen molar-refractivity contribution < 1.29 is 0 Å². The number of H-pyrrole nitrogens is 1. The highest BCUT2D eigenvalue weighted by molar-refractivity contribution is 5.99. The molecule has 0 amide bonds. The maximum absolute atomic E-state index is 4.79. The molecule has 3 nitrogen and oxygen atoms in total. The monoisotopic (exact) mass is 363 g/mol. The fourth-order valence-corrected chi connectivity index (χ4v) is 3.62. The zero-order chi connectivity index (χ0) is 18.7. The van der Waals surface area contributed by atoms with Gasteiger partial charge in [-0.05, 0) is 49.3 Å². The van der Waals surface area contributed by atoms with Crippen molar-refractivity contribution in [1.82, 2.24) is 9.55 Å². The van der Waals surface area contributed by atoms with Gasteiger partial charge < -0.3 is 9.55 Å². The minimum absolute atomic E-state index is 1.03. The summed E-state index contributed by atoms with van der Waals surface area (Å²) in [4.78, 5) is 8.06. The molecule has 3 heteroatoms. The predicted molar refractivity (Wildman–Crippen MR) is 117 cm³/mol. The molecular formula is C24H33N3. The molecule has 144 valence electrons. The van der Waals surface area contributed by atoms with Crippen LogP contribution in [0, 0.1) is 0 Å². The Morgan fingerprint density at radius 3 is 2.44 bits per heavy atom. The number of aromatic amines is 1. The average molecular weight is 364 g/mol. The fourth-order valence-electron chi connectivity index (χ4n) is 3.62. The van der Waals surface area contributed by atoms with Gasteiger partial charge in [0.05, 0.1) is 17.1 Å². The van der Waals surface area contributed by atoms with Gasteiger partial charge in [-0.1, -0.05) is 58.3 Å². The van der Waals surface area contributed by atoms with Crippen molar-refractivity contribution in [3.05, 3.63) is 54.5 Å². The molecule has 0 radical (unpaired) electrons. The molecule has 3 heterocycles. The van der Waals surface area contributed by atoms with Gasteiger partial charge in [0.1, 0.15) is 0 Å². The van der Waals surface area contributed by atoms with Gasteiger partial charge in [0, 0.05) is 24.3 Å². The molecule has 0 saturated heterocycles. The van der Waals surface area contributed by atoms with Crippen LogP contribution in [0.3, 0.4) is 0 Å². The van der Waals surface area contributed by atoms with E-state index >= 15 is 0 Å². The van der Waals surface area contributed by atoms with E-state index in [0.717, 1.165) is 23.5 Å². The summed E-state index contributed by atoms with van der Waals surface area (Å²) in [6.07, 6.45) is 23.9. The van der Waals surface area contributed by atoms with Crippen LogP contribution in [0.25, 0.3) is 17.6 Å². The Morgan fingerprint density at radius 1 is 0.926 bits per heavy atom. The van der Waals surface area contributed by atoms with Crippen LogP contribution in [0.15, 0.2) is 59.5 Å². The standard InChI is InChI=1S/C24H33N3/c1-2-3-4-5-6-7-8-9-10-13-21-16-17-22(26-21)20-27-19-12-15-24(27)23-14-11-18-25-23/h11-12,14-20,25H,2-10,13H2,1H3. The predicted octanol–water partition coefficient (Wildman–Crippen LogP) is 7.21. The topological polar surface area (TPSA) is 33.1 Å². The molecular weight excluding hydrogens is 330 g/mol. The lowest BCUT2D eigenvalue weighted by Crippen LogP contribution is -1.91. The minimum Gasteiger partial charge on any atom is -0.360 e. The number of hydrogen-bond donors (Lipinski definition) is 1. The second-order valence-electron chi connectivity index (χ2n) is 7.45. The number of aromatic nitrogens is 2. The summed E-state index contributed by atoms with van der Waals surface area (Å²) in [5.41, 5.74) is 4.53. The van der Waals surface area contributed by atoms with E-state index in [2.05, 4.69) is 59.2 Å². The van der Waals surface area contributed by atoms with E-state index in [9.17, 15) is 0 Å². The third kappa shape index (κ3) is 6.13. The Bertz CT molecular complexity index is 759. The van der Waals surface area contributed by atoms with Crippen molar-refractivity contribution in [1.29, 1.82) is 0 Å². The largest absolute Gasteiger partial charge is 0.360 e. The molecule has 0 spiro atoms. The molecule has 3 rings (SSSR count). The van der Waals surface area contributed by atoms with Gasteiger partial charge in [0.2, 0.25) is 0 Å². The van der Waals surface area contributed by atoms with E-state index in [4.69, 9.17) is 4.99 Å². The summed E-state index contributed by atoms with van der Waals surface area (Å²) in [7, 11) is 0.